The number of para-hydroxylation sites is 2. The molecule has 0 saturated heterocycles. The summed E-state index contributed by atoms with van der Waals surface area (Å²) in [7, 11) is 0. The van der Waals surface area contributed by atoms with Gasteiger partial charge in [0.05, 0.1) is 16.7 Å². The van der Waals surface area contributed by atoms with E-state index >= 15 is 0 Å². The maximum atomic E-state index is 11.3. The second-order valence-electron chi connectivity index (χ2n) is 5.91. The Morgan fingerprint density at radius 2 is 1.40 bits per heavy atom. The molecule has 0 aliphatic heterocycles. The van der Waals surface area contributed by atoms with Crippen LogP contribution in [0.25, 0.3) is 21.8 Å². The van der Waals surface area contributed by atoms with Gasteiger partial charge in [-0.2, -0.15) is 0 Å². The number of benzene rings is 3. The van der Waals surface area contributed by atoms with Gasteiger partial charge in [0, 0.05) is 29.1 Å². The van der Waals surface area contributed by atoms with Crippen LogP contribution in [-0.4, -0.2) is 10.9 Å². The molecule has 4 heteroatoms. The lowest BCUT2D eigenvalue weighted by Gasteiger charge is -2.14. The van der Waals surface area contributed by atoms with Crippen LogP contribution in [0, 0.1) is 0 Å². The van der Waals surface area contributed by atoms with Crippen LogP contribution in [0.2, 0.25) is 0 Å². The van der Waals surface area contributed by atoms with Gasteiger partial charge in [-0.25, -0.2) is 4.98 Å². The number of aromatic nitrogens is 1. The third-order valence-electron chi connectivity index (χ3n) is 4.04. The van der Waals surface area contributed by atoms with Crippen LogP contribution in [-0.2, 0) is 4.79 Å². The maximum Gasteiger partial charge on any atom is 0.221 e. The van der Waals surface area contributed by atoms with Gasteiger partial charge in [0.2, 0.25) is 5.91 Å². The van der Waals surface area contributed by atoms with Crippen molar-refractivity contribution in [2.24, 2.45) is 0 Å². The molecular formula is C21H17N3O. The zero-order valence-corrected chi connectivity index (χ0v) is 13.8. The van der Waals surface area contributed by atoms with Crippen molar-refractivity contribution in [1.29, 1.82) is 0 Å². The largest absolute Gasteiger partial charge is 0.354 e. The average Bonchev–Trinajstić information content (AvgIpc) is 2.61. The molecular weight excluding hydrogens is 310 g/mol. The summed E-state index contributed by atoms with van der Waals surface area (Å²) in [4.78, 5) is 16.0. The highest BCUT2D eigenvalue weighted by Crippen LogP contribution is 2.33. The number of anilines is 3. The van der Waals surface area contributed by atoms with Gasteiger partial charge in [0.15, 0.2) is 0 Å². The molecule has 0 aliphatic carbocycles. The first-order chi connectivity index (χ1) is 12.2. The smallest absolute Gasteiger partial charge is 0.221 e. The van der Waals surface area contributed by atoms with Crippen molar-refractivity contribution in [2.45, 2.75) is 6.92 Å². The molecule has 0 aliphatic rings. The number of carbonyl (C=O) groups is 1. The van der Waals surface area contributed by atoms with Gasteiger partial charge in [-0.15, -0.1) is 0 Å². The Balaban J connectivity index is 1.86. The second-order valence-corrected chi connectivity index (χ2v) is 5.91. The lowest BCUT2D eigenvalue weighted by Crippen LogP contribution is -2.05. The van der Waals surface area contributed by atoms with E-state index in [2.05, 4.69) is 22.8 Å². The van der Waals surface area contributed by atoms with Crippen molar-refractivity contribution in [3.8, 4) is 0 Å². The number of rotatable bonds is 3. The Morgan fingerprint density at radius 1 is 0.800 bits per heavy atom. The van der Waals surface area contributed by atoms with Crippen molar-refractivity contribution in [2.75, 3.05) is 10.6 Å². The maximum absolute atomic E-state index is 11.3. The highest BCUT2D eigenvalue weighted by atomic mass is 16.1. The molecule has 0 radical (unpaired) electrons. The standard InChI is InChI=1S/C21H17N3O/c1-14(25)22-15-7-6-8-16(13-15)23-21-17-9-2-4-11-19(17)24-20-12-5-3-10-18(20)21/h2-13H,1H3,(H,22,25)(H,23,24). The molecule has 25 heavy (non-hydrogen) atoms. The molecule has 1 heterocycles. The van der Waals surface area contributed by atoms with Crippen LogP contribution in [0.4, 0.5) is 17.1 Å². The van der Waals surface area contributed by atoms with E-state index in [0.717, 1.165) is 38.9 Å². The summed E-state index contributed by atoms with van der Waals surface area (Å²) in [5.74, 6) is -0.0861. The summed E-state index contributed by atoms with van der Waals surface area (Å²) >= 11 is 0. The van der Waals surface area contributed by atoms with E-state index in [1.165, 1.54) is 6.92 Å². The van der Waals surface area contributed by atoms with Gasteiger partial charge < -0.3 is 10.6 Å². The molecule has 1 aromatic heterocycles. The van der Waals surface area contributed by atoms with E-state index in [-0.39, 0.29) is 5.91 Å². The molecule has 4 aromatic rings. The first-order valence-electron chi connectivity index (χ1n) is 8.13. The van der Waals surface area contributed by atoms with Crippen LogP contribution < -0.4 is 10.6 Å². The Labute approximate surface area is 145 Å². The molecule has 4 rings (SSSR count). The van der Waals surface area contributed by atoms with Crippen LogP contribution in [0.3, 0.4) is 0 Å². The molecule has 0 atom stereocenters. The summed E-state index contributed by atoms with van der Waals surface area (Å²) < 4.78 is 0. The molecule has 0 spiro atoms. The van der Waals surface area contributed by atoms with Crippen molar-refractivity contribution < 1.29 is 4.79 Å². The molecule has 2 N–H and O–H groups in total. The van der Waals surface area contributed by atoms with Gasteiger partial charge in [0.25, 0.3) is 0 Å². The second kappa shape index (κ2) is 6.24. The molecule has 0 unspecified atom stereocenters. The summed E-state index contributed by atoms with van der Waals surface area (Å²) in [5, 5.41) is 8.45. The minimum atomic E-state index is -0.0861. The lowest BCUT2D eigenvalue weighted by molar-refractivity contribution is -0.114. The first kappa shape index (κ1) is 15.1. The van der Waals surface area contributed by atoms with E-state index in [1.807, 2.05) is 60.7 Å². The molecule has 0 fully saturated rings. The molecule has 4 nitrogen and oxygen atoms in total. The van der Waals surface area contributed by atoms with Crippen LogP contribution in [0.5, 0.6) is 0 Å². The summed E-state index contributed by atoms with van der Waals surface area (Å²) in [6.45, 7) is 1.50. The molecule has 3 aromatic carbocycles. The average molecular weight is 327 g/mol. The summed E-state index contributed by atoms with van der Waals surface area (Å²) in [5.41, 5.74) is 4.58. The first-order valence-corrected chi connectivity index (χ1v) is 8.13. The SMILES string of the molecule is CC(=O)Nc1cccc(Nc2c3ccccc3nc3ccccc23)c1. The van der Waals surface area contributed by atoms with Crippen LogP contribution >= 0.6 is 0 Å². The molecule has 1 amide bonds. The monoisotopic (exact) mass is 327 g/mol. The van der Waals surface area contributed by atoms with E-state index < -0.39 is 0 Å². The fourth-order valence-electron chi connectivity index (χ4n) is 3.00. The number of hydrogen-bond donors (Lipinski definition) is 2. The number of carbonyl (C=O) groups excluding carboxylic acids is 1. The predicted molar refractivity (Wildman–Crippen MR) is 103 cm³/mol. The van der Waals surface area contributed by atoms with Crippen LogP contribution in [0.15, 0.2) is 72.8 Å². The Morgan fingerprint density at radius 3 is 2.04 bits per heavy atom. The van der Waals surface area contributed by atoms with E-state index in [9.17, 15) is 4.79 Å². The summed E-state index contributed by atoms with van der Waals surface area (Å²) in [6, 6.07) is 23.9. The molecule has 0 saturated carbocycles. The Hall–Kier alpha value is -3.40. The van der Waals surface area contributed by atoms with Gasteiger partial charge in [0.1, 0.15) is 0 Å². The number of nitrogens with one attached hydrogen (secondary N) is 2. The third kappa shape index (κ3) is 3.02. The Kier molecular flexibility index (Phi) is 3.78. The topological polar surface area (TPSA) is 54.0 Å². The number of amides is 1. The highest BCUT2D eigenvalue weighted by molar-refractivity contribution is 6.08. The van der Waals surface area contributed by atoms with Crippen molar-refractivity contribution in [1.82, 2.24) is 4.98 Å². The number of pyridine rings is 1. The third-order valence-corrected chi connectivity index (χ3v) is 4.04. The van der Waals surface area contributed by atoms with Crippen LogP contribution in [0.1, 0.15) is 6.92 Å². The van der Waals surface area contributed by atoms with Gasteiger partial charge >= 0.3 is 0 Å². The molecule has 122 valence electrons. The minimum absolute atomic E-state index is 0.0861. The normalized spacial score (nSPS) is 10.8. The van der Waals surface area contributed by atoms with E-state index in [1.54, 1.807) is 0 Å². The Bertz CT molecular complexity index is 1030. The van der Waals surface area contributed by atoms with Gasteiger partial charge in [-0.05, 0) is 30.3 Å². The fraction of sp³-hybridized carbons (Fsp3) is 0.0476. The number of fused-ring (bicyclic) bond motifs is 2. The summed E-state index contributed by atoms with van der Waals surface area (Å²) in [6.07, 6.45) is 0. The van der Waals surface area contributed by atoms with Crippen molar-refractivity contribution in [3.63, 3.8) is 0 Å². The zero-order chi connectivity index (χ0) is 17.2. The lowest BCUT2D eigenvalue weighted by atomic mass is 10.1. The van der Waals surface area contributed by atoms with E-state index in [4.69, 9.17) is 4.98 Å². The predicted octanol–water partition coefficient (Wildman–Crippen LogP) is 5.09. The quantitative estimate of drug-likeness (QED) is 0.515. The van der Waals surface area contributed by atoms with Crippen molar-refractivity contribution >= 4 is 44.8 Å². The fourth-order valence-corrected chi connectivity index (χ4v) is 3.00. The minimum Gasteiger partial charge on any atom is -0.354 e. The molecule has 0 bridgehead atoms. The highest BCUT2D eigenvalue weighted by Gasteiger charge is 2.09. The van der Waals surface area contributed by atoms with Gasteiger partial charge in [-0.1, -0.05) is 42.5 Å². The van der Waals surface area contributed by atoms with Gasteiger partial charge in [-0.3, -0.25) is 4.79 Å². The van der Waals surface area contributed by atoms with E-state index in [0.29, 0.717) is 0 Å². The van der Waals surface area contributed by atoms with Crippen molar-refractivity contribution in [3.05, 3.63) is 72.8 Å². The zero-order valence-electron chi connectivity index (χ0n) is 13.8. The number of nitrogens with zero attached hydrogens (tertiary/aromatic N) is 1. The number of hydrogen-bond acceptors (Lipinski definition) is 3.